The second-order valence-electron chi connectivity index (χ2n) is 4.71. The zero-order valence-corrected chi connectivity index (χ0v) is 8.96. The van der Waals surface area contributed by atoms with Crippen LogP contribution < -0.4 is 5.32 Å². The van der Waals surface area contributed by atoms with E-state index in [0.29, 0.717) is 13.2 Å². The Hall–Kier alpha value is -0.120. The van der Waals surface area contributed by atoms with Gasteiger partial charge in [-0.3, -0.25) is 0 Å². The lowest BCUT2D eigenvalue weighted by molar-refractivity contribution is -0.0211. The molecule has 14 heavy (non-hydrogen) atoms. The van der Waals surface area contributed by atoms with Gasteiger partial charge < -0.3 is 15.2 Å². The standard InChI is InChI=1S/C11H21NO2/c1-2-9-3-5-12-10(7-9)11(13)4-6-14-8-11/h9-10,12-13H,2-8H2,1H3. The predicted molar refractivity (Wildman–Crippen MR) is 55.2 cm³/mol. The van der Waals surface area contributed by atoms with Gasteiger partial charge in [0.2, 0.25) is 0 Å². The first-order valence-electron chi connectivity index (χ1n) is 5.78. The number of hydrogen-bond acceptors (Lipinski definition) is 3. The van der Waals surface area contributed by atoms with Crippen molar-refractivity contribution < 1.29 is 9.84 Å². The molecule has 2 N–H and O–H groups in total. The highest BCUT2D eigenvalue weighted by molar-refractivity contribution is 4.97. The van der Waals surface area contributed by atoms with Crippen molar-refractivity contribution in [2.75, 3.05) is 19.8 Å². The van der Waals surface area contributed by atoms with Gasteiger partial charge in [-0.05, 0) is 25.3 Å². The first-order chi connectivity index (χ1) is 6.74. The van der Waals surface area contributed by atoms with Crippen LogP contribution in [0.4, 0.5) is 0 Å². The van der Waals surface area contributed by atoms with Crippen LogP contribution in [0.1, 0.15) is 32.6 Å². The highest BCUT2D eigenvalue weighted by atomic mass is 16.5. The van der Waals surface area contributed by atoms with Crippen molar-refractivity contribution in [3.05, 3.63) is 0 Å². The van der Waals surface area contributed by atoms with Crippen LogP contribution >= 0.6 is 0 Å². The third kappa shape index (κ3) is 1.95. The fourth-order valence-corrected chi connectivity index (χ4v) is 2.62. The second-order valence-corrected chi connectivity index (χ2v) is 4.71. The molecule has 0 amide bonds. The molecule has 0 aromatic heterocycles. The normalized spacial score (nSPS) is 44.1. The number of rotatable bonds is 2. The molecule has 0 aliphatic carbocycles. The molecule has 2 aliphatic heterocycles. The number of ether oxygens (including phenoxy) is 1. The van der Waals surface area contributed by atoms with Gasteiger partial charge in [0.05, 0.1) is 6.61 Å². The number of hydrogen-bond donors (Lipinski definition) is 2. The molecule has 0 spiro atoms. The number of nitrogens with one attached hydrogen (secondary N) is 1. The average molecular weight is 199 g/mol. The summed E-state index contributed by atoms with van der Waals surface area (Å²) in [7, 11) is 0. The maximum absolute atomic E-state index is 10.3. The molecule has 0 radical (unpaired) electrons. The van der Waals surface area contributed by atoms with E-state index in [1.807, 2.05) is 0 Å². The van der Waals surface area contributed by atoms with Gasteiger partial charge in [0.25, 0.3) is 0 Å². The molecule has 3 unspecified atom stereocenters. The zero-order chi connectivity index (χ0) is 10.0. The van der Waals surface area contributed by atoms with E-state index in [4.69, 9.17) is 4.74 Å². The molecule has 3 atom stereocenters. The van der Waals surface area contributed by atoms with Gasteiger partial charge in [0.15, 0.2) is 0 Å². The van der Waals surface area contributed by atoms with Crippen LogP contribution in [-0.2, 0) is 4.74 Å². The molecule has 3 nitrogen and oxygen atoms in total. The fraction of sp³-hybridized carbons (Fsp3) is 1.00. The third-order valence-electron chi connectivity index (χ3n) is 3.77. The van der Waals surface area contributed by atoms with E-state index in [-0.39, 0.29) is 6.04 Å². The van der Waals surface area contributed by atoms with Crippen molar-refractivity contribution in [2.24, 2.45) is 5.92 Å². The number of piperidine rings is 1. The smallest absolute Gasteiger partial charge is 0.105 e. The number of aliphatic hydroxyl groups is 1. The van der Waals surface area contributed by atoms with Gasteiger partial charge in [-0.25, -0.2) is 0 Å². The van der Waals surface area contributed by atoms with Crippen LogP contribution in [0.15, 0.2) is 0 Å². The predicted octanol–water partition coefficient (Wildman–Crippen LogP) is 0.916. The summed E-state index contributed by atoms with van der Waals surface area (Å²) in [5, 5.41) is 13.8. The maximum atomic E-state index is 10.3. The molecule has 2 rings (SSSR count). The SMILES string of the molecule is CCC1CCNC(C2(O)CCOC2)C1. The van der Waals surface area contributed by atoms with Gasteiger partial charge in [-0.2, -0.15) is 0 Å². The zero-order valence-electron chi connectivity index (χ0n) is 8.96. The molecular formula is C11H21NO2. The molecule has 2 heterocycles. The van der Waals surface area contributed by atoms with Gasteiger partial charge >= 0.3 is 0 Å². The van der Waals surface area contributed by atoms with E-state index in [1.54, 1.807) is 0 Å². The minimum absolute atomic E-state index is 0.253. The Labute approximate surface area is 85.8 Å². The summed E-state index contributed by atoms with van der Waals surface area (Å²) in [6.45, 7) is 4.51. The van der Waals surface area contributed by atoms with Gasteiger partial charge in [0.1, 0.15) is 5.60 Å². The molecule has 0 aromatic carbocycles. The Morgan fingerprint density at radius 3 is 3.07 bits per heavy atom. The molecule has 2 fully saturated rings. The van der Waals surface area contributed by atoms with Crippen LogP contribution in [0, 0.1) is 5.92 Å². The van der Waals surface area contributed by atoms with Gasteiger partial charge in [-0.15, -0.1) is 0 Å². The Balaban J connectivity index is 1.96. The van der Waals surface area contributed by atoms with Crippen molar-refractivity contribution >= 4 is 0 Å². The molecule has 0 aromatic rings. The van der Waals surface area contributed by atoms with E-state index in [9.17, 15) is 5.11 Å². The van der Waals surface area contributed by atoms with Crippen LogP contribution in [0.3, 0.4) is 0 Å². The molecule has 2 saturated heterocycles. The monoisotopic (exact) mass is 199 g/mol. The summed E-state index contributed by atoms with van der Waals surface area (Å²) < 4.78 is 5.29. The van der Waals surface area contributed by atoms with E-state index >= 15 is 0 Å². The summed E-state index contributed by atoms with van der Waals surface area (Å²) in [5.41, 5.74) is -0.589. The minimum Gasteiger partial charge on any atom is -0.386 e. The Morgan fingerprint density at radius 1 is 1.57 bits per heavy atom. The van der Waals surface area contributed by atoms with Crippen molar-refractivity contribution in [1.29, 1.82) is 0 Å². The van der Waals surface area contributed by atoms with Gasteiger partial charge in [-0.1, -0.05) is 13.3 Å². The van der Waals surface area contributed by atoms with Crippen molar-refractivity contribution in [1.82, 2.24) is 5.32 Å². The van der Waals surface area contributed by atoms with Crippen LogP contribution in [-0.4, -0.2) is 36.5 Å². The lowest BCUT2D eigenvalue weighted by Crippen LogP contribution is -2.54. The Kier molecular flexibility index (Phi) is 3.10. The lowest BCUT2D eigenvalue weighted by atomic mass is 9.81. The summed E-state index contributed by atoms with van der Waals surface area (Å²) in [4.78, 5) is 0. The van der Waals surface area contributed by atoms with E-state index in [0.717, 1.165) is 25.3 Å². The maximum Gasteiger partial charge on any atom is 0.105 e. The molecule has 0 bridgehead atoms. The highest BCUT2D eigenvalue weighted by Crippen LogP contribution is 2.30. The highest BCUT2D eigenvalue weighted by Gasteiger charge is 2.42. The largest absolute Gasteiger partial charge is 0.386 e. The quantitative estimate of drug-likeness (QED) is 0.695. The second kappa shape index (κ2) is 4.17. The van der Waals surface area contributed by atoms with Crippen molar-refractivity contribution in [3.63, 3.8) is 0 Å². The Bertz CT molecular complexity index is 190. The van der Waals surface area contributed by atoms with E-state index < -0.39 is 5.60 Å². The fourth-order valence-electron chi connectivity index (χ4n) is 2.62. The topological polar surface area (TPSA) is 41.5 Å². The van der Waals surface area contributed by atoms with E-state index in [2.05, 4.69) is 12.2 Å². The van der Waals surface area contributed by atoms with Gasteiger partial charge in [0, 0.05) is 19.1 Å². The van der Waals surface area contributed by atoms with Crippen molar-refractivity contribution in [2.45, 2.75) is 44.2 Å². The van der Waals surface area contributed by atoms with E-state index in [1.165, 1.54) is 12.8 Å². The average Bonchev–Trinajstić information content (AvgIpc) is 2.67. The van der Waals surface area contributed by atoms with Crippen LogP contribution in [0.5, 0.6) is 0 Å². The van der Waals surface area contributed by atoms with Crippen LogP contribution in [0.25, 0.3) is 0 Å². The molecule has 0 saturated carbocycles. The minimum atomic E-state index is -0.589. The summed E-state index contributed by atoms with van der Waals surface area (Å²) in [6, 6.07) is 0.253. The molecule has 3 heteroatoms. The third-order valence-corrected chi connectivity index (χ3v) is 3.77. The summed E-state index contributed by atoms with van der Waals surface area (Å²) in [6.07, 6.45) is 4.39. The first kappa shape index (κ1) is 10.4. The summed E-state index contributed by atoms with van der Waals surface area (Å²) >= 11 is 0. The molecule has 82 valence electrons. The first-order valence-corrected chi connectivity index (χ1v) is 5.78. The Morgan fingerprint density at radius 2 is 2.43 bits per heavy atom. The van der Waals surface area contributed by atoms with Crippen LogP contribution in [0.2, 0.25) is 0 Å². The molecule has 2 aliphatic rings. The summed E-state index contributed by atoms with van der Waals surface area (Å²) in [5.74, 6) is 0.783. The van der Waals surface area contributed by atoms with Crippen molar-refractivity contribution in [3.8, 4) is 0 Å². The molecular weight excluding hydrogens is 178 g/mol. The lowest BCUT2D eigenvalue weighted by Gasteiger charge is -2.38.